The summed E-state index contributed by atoms with van der Waals surface area (Å²) in [7, 11) is 0. The van der Waals surface area contributed by atoms with Crippen LogP contribution < -0.4 is 5.32 Å². The second-order valence-electron chi connectivity index (χ2n) is 4.50. The monoisotopic (exact) mass is 300 g/mol. The van der Waals surface area contributed by atoms with Crippen molar-refractivity contribution in [3.63, 3.8) is 0 Å². The highest BCUT2D eigenvalue weighted by Crippen LogP contribution is 2.18. The van der Waals surface area contributed by atoms with E-state index in [0.717, 1.165) is 16.8 Å². The van der Waals surface area contributed by atoms with Crippen LogP contribution >= 0.6 is 11.3 Å². The molecule has 0 radical (unpaired) electrons. The summed E-state index contributed by atoms with van der Waals surface area (Å²) in [4.78, 5) is 16.5. The van der Waals surface area contributed by atoms with Crippen molar-refractivity contribution >= 4 is 22.4 Å². The Balaban J connectivity index is 2.22. The van der Waals surface area contributed by atoms with E-state index in [1.807, 2.05) is 25.3 Å². The van der Waals surface area contributed by atoms with E-state index in [1.165, 1.54) is 11.3 Å². The first-order chi connectivity index (χ1) is 10.1. The molecule has 108 valence electrons. The lowest BCUT2D eigenvalue weighted by atomic mass is 10.0. The number of aryl methyl sites for hydroxylation is 1. The van der Waals surface area contributed by atoms with Crippen LogP contribution in [0.25, 0.3) is 0 Å². The van der Waals surface area contributed by atoms with Crippen molar-refractivity contribution in [3.05, 3.63) is 46.0 Å². The van der Waals surface area contributed by atoms with Gasteiger partial charge in [0.05, 0.1) is 12.3 Å². The number of anilines is 1. The van der Waals surface area contributed by atoms with Gasteiger partial charge >= 0.3 is 0 Å². The second kappa shape index (κ2) is 7.02. The van der Waals surface area contributed by atoms with E-state index in [4.69, 9.17) is 5.11 Å². The van der Waals surface area contributed by atoms with Crippen LogP contribution in [0.3, 0.4) is 0 Å². The molecule has 1 aromatic carbocycles. The maximum absolute atomic E-state index is 12.3. The fourth-order valence-electron chi connectivity index (χ4n) is 1.81. The van der Waals surface area contributed by atoms with E-state index in [2.05, 4.69) is 22.1 Å². The molecule has 0 spiro atoms. The number of hydrogen-bond acceptors (Lipinski definition) is 4. The zero-order chi connectivity index (χ0) is 15.2. The Bertz CT molecular complexity index is 711. The summed E-state index contributed by atoms with van der Waals surface area (Å²) in [6, 6.07) is 5.43. The molecule has 0 aliphatic heterocycles. The molecule has 0 aliphatic carbocycles. The van der Waals surface area contributed by atoms with Crippen LogP contribution in [-0.2, 0) is 0 Å². The molecule has 0 saturated carbocycles. The van der Waals surface area contributed by atoms with E-state index >= 15 is 0 Å². The predicted molar refractivity (Wildman–Crippen MR) is 84.6 cm³/mol. The molecule has 4 nitrogen and oxygen atoms in total. The minimum atomic E-state index is -0.187. The van der Waals surface area contributed by atoms with Gasteiger partial charge in [0.1, 0.15) is 0 Å². The van der Waals surface area contributed by atoms with Gasteiger partial charge in [-0.15, -0.1) is 11.3 Å². The number of aromatic nitrogens is 1. The van der Waals surface area contributed by atoms with Gasteiger partial charge in [0.15, 0.2) is 5.13 Å². The van der Waals surface area contributed by atoms with Crippen LogP contribution in [0.4, 0.5) is 5.13 Å². The molecule has 0 bridgehead atoms. The van der Waals surface area contributed by atoms with E-state index in [9.17, 15) is 4.79 Å². The summed E-state index contributed by atoms with van der Waals surface area (Å²) < 4.78 is 0. The van der Waals surface area contributed by atoms with Crippen molar-refractivity contribution in [2.45, 2.75) is 20.3 Å². The number of thiazole rings is 1. The Morgan fingerprint density at radius 1 is 1.43 bits per heavy atom. The third-order valence-corrected chi connectivity index (χ3v) is 3.75. The first kappa shape index (κ1) is 15.2. The van der Waals surface area contributed by atoms with E-state index < -0.39 is 0 Å². The normalized spacial score (nSPS) is 9.86. The smallest absolute Gasteiger partial charge is 0.257 e. The first-order valence-electron chi connectivity index (χ1n) is 6.54. The molecule has 1 aromatic heterocycles. The van der Waals surface area contributed by atoms with Gasteiger partial charge in [-0.1, -0.05) is 17.9 Å². The number of nitrogens with one attached hydrogen (secondary N) is 1. The highest BCUT2D eigenvalue weighted by atomic mass is 32.1. The fraction of sp³-hybridized carbons (Fsp3) is 0.250. The standard InChI is InChI=1S/C16H16N2O2S/c1-11-10-21-16(17-11)18-15(20)14-8-5-7-13(12(14)2)6-3-4-9-19/h5,7-8,10,19H,4,9H2,1-2H3,(H,17,18,20). The lowest BCUT2D eigenvalue weighted by Gasteiger charge is -2.07. The number of aliphatic hydroxyl groups excluding tert-OH is 1. The third kappa shape index (κ3) is 3.91. The SMILES string of the molecule is Cc1csc(NC(=O)c2cccc(C#CCCO)c2C)n1. The van der Waals surface area contributed by atoms with Crippen LogP contribution in [0.2, 0.25) is 0 Å². The number of hydrogen-bond donors (Lipinski definition) is 2. The highest BCUT2D eigenvalue weighted by Gasteiger charge is 2.12. The molecule has 1 amide bonds. The average Bonchev–Trinajstić information content (AvgIpc) is 2.86. The third-order valence-electron chi connectivity index (χ3n) is 2.88. The minimum absolute atomic E-state index is 0.0373. The number of amides is 1. The van der Waals surface area contributed by atoms with E-state index in [0.29, 0.717) is 17.1 Å². The summed E-state index contributed by atoms with van der Waals surface area (Å²) in [5.74, 6) is 5.66. The summed E-state index contributed by atoms with van der Waals surface area (Å²) >= 11 is 1.40. The number of aliphatic hydroxyl groups is 1. The Morgan fingerprint density at radius 3 is 2.90 bits per heavy atom. The van der Waals surface area contributed by atoms with Crippen molar-refractivity contribution < 1.29 is 9.90 Å². The van der Waals surface area contributed by atoms with Gasteiger partial charge in [0.2, 0.25) is 0 Å². The van der Waals surface area contributed by atoms with Gasteiger partial charge in [0, 0.05) is 22.9 Å². The number of carbonyl (C=O) groups excluding carboxylic acids is 1. The van der Waals surface area contributed by atoms with Crippen molar-refractivity contribution in [2.24, 2.45) is 0 Å². The van der Waals surface area contributed by atoms with Crippen LogP contribution in [0.1, 0.15) is 33.6 Å². The molecule has 2 rings (SSSR count). The average molecular weight is 300 g/mol. The molecule has 5 heteroatoms. The lowest BCUT2D eigenvalue weighted by Crippen LogP contribution is -2.13. The van der Waals surface area contributed by atoms with Crippen LogP contribution in [0, 0.1) is 25.7 Å². The van der Waals surface area contributed by atoms with E-state index in [-0.39, 0.29) is 12.5 Å². The molecule has 0 atom stereocenters. The molecule has 2 N–H and O–H groups in total. The quantitative estimate of drug-likeness (QED) is 0.857. The highest BCUT2D eigenvalue weighted by molar-refractivity contribution is 7.13. The largest absolute Gasteiger partial charge is 0.395 e. The minimum Gasteiger partial charge on any atom is -0.395 e. The number of rotatable bonds is 3. The zero-order valence-corrected chi connectivity index (χ0v) is 12.8. The van der Waals surface area contributed by atoms with Crippen molar-refractivity contribution in [1.29, 1.82) is 0 Å². The maximum Gasteiger partial charge on any atom is 0.257 e. The first-order valence-corrected chi connectivity index (χ1v) is 7.42. The zero-order valence-electron chi connectivity index (χ0n) is 11.9. The molecule has 0 aliphatic rings. The van der Waals surface area contributed by atoms with Gasteiger partial charge in [-0.05, 0) is 31.5 Å². The molecular weight excluding hydrogens is 284 g/mol. The Morgan fingerprint density at radius 2 is 2.24 bits per heavy atom. The number of nitrogens with zero attached hydrogens (tertiary/aromatic N) is 1. The summed E-state index contributed by atoms with van der Waals surface area (Å²) in [5, 5.41) is 14.0. The predicted octanol–water partition coefficient (Wildman–Crippen LogP) is 2.75. The molecule has 0 fully saturated rings. The van der Waals surface area contributed by atoms with Gasteiger partial charge in [-0.25, -0.2) is 4.98 Å². The Kier molecular flexibility index (Phi) is 5.09. The van der Waals surface area contributed by atoms with Gasteiger partial charge in [0.25, 0.3) is 5.91 Å². The maximum atomic E-state index is 12.3. The molecular formula is C16H16N2O2S. The molecule has 2 aromatic rings. The summed E-state index contributed by atoms with van der Waals surface area (Å²) in [6.07, 6.45) is 0.425. The summed E-state index contributed by atoms with van der Waals surface area (Å²) in [5.41, 5.74) is 3.09. The van der Waals surface area contributed by atoms with Crippen molar-refractivity contribution in [2.75, 3.05) is 11.9 Å². The topological polar surface area (TPSA) is 62.2 Å². The molecule has 1 heterocycles. The van der Waals surface area contributed by atoms with Crippen molar-refractivity contribution in [3.8, 4) is 11.8 Å². The van der Waals surface area contributed by atoms with Crippen LogP contribution in [0.15, 0.2) is 23.6 Å². The molecule has 21 heavy (non-hydrogen) atoms. The van der Waals surface area contributed by atoms with Gasteiger partial charge in [-0.3, -0.25) is 10.1 Å². The summed E-state index contributed by atoms with van der Waals surface area (Å²) in [6.45, 7) is 3.79. The van der Waals surface area contributed by atoms with E-state index in [1.54, 1.807) is 12.1 Å². The van der Waals surface area contributed by atoms with Crippen LogP contribution in [0.5, 0.6) is 0 Å². The fourth-order valence-corrected chi connectivity index (χ4v) is 2.49. The Hall–Kier alpha value is -2.16. The molecule has 0 saturated heterocycles. The van der Waals surface area contributed by atoms with Crippen molar-refractivity contribution in [1.82, 2.24) is 4.98 Å². The molecule has 0 unspecified atom stereocenters. The Labute approximate surface area is 127 Å². The van der Waals surface area contributed by atoms with Gasteiger partial charge < -0.3 is 5.11 Å². The van der Waals surface area contributed by atoms with Gasteiger partial charge in [-0.2, -0.15) is 0 Å². The number of benzene rings is 1. The second-order valence-corrected chi connectivity index (χ2v) is 5.36. The number of carbonyl (C=O) groups is 1. The van der Waals surface area contributed by atoms with Crippen LogP contribution in [-0.4, -0.2) is 22.6 Å². The lowest BCUT2D eigenvalue weighted by molar-refractivity contribution is 0.102.